The summed E-state index contributed by atoms with van der Waals surface area (Å²) in [6, 6.07) is 14.9. The Kier molecular flexibility index (Phi) is 7.25. The van der Waals surface area contributed by atoms with Gasteiger partial charge in [0.05, 0.1) is 25.9 Å². The van der Waals surface area contributed by atoms with Crippen LogP contribution in [0.4, 0.5) is 0 Å². The van der Waals surface area contributed by atoms with Crippen LogP contribution in [0, 0.1) is 11.3 Å². The maximum absolute atomic E-state index is 11.3. The van der Waals surface area contributed by atoms with Crippen LogP contribution in [0.2, 0.25) is 5.02 Å². The molecule has 0 N–H and O–H groups in total. The van der Waals surface area contributed by atoms with Crippen LogP contribution < -0.4 is 4.74 Å². The van der Waals surface area contributed by atoms with Gasteiger partial charge in [-0.2, -0.15) is 5.26 Å². The molecule has 0 aliphatic carbocycles. The Bertz CT molecular complexity index is 853. The molecule has 0 aliphatic heterocycles. The smallest absolute Gasteiger partial charge is 0.305 e. The van der Waals surface area contributed by atoms with Crippen molar-refractivity contribution in [2.24, 2.45) is 0 Å². The fourth-order valence-electron chi connectivity index (χ4n) is 2.63. The second-order valence-corrected chi connectivity index (χ2v) is 6.06. The maximum atomic E-state index is 11.3. The van der Waals surface area contributed by atoms with Gasteiger partial charge in [0, 0.05) is 17.0 Å². The molecule has 2 aromatic carbocycles. The van der Waals surface area contributed by atoms with Crippen molar-refractivity contribution in [2.75, 3.05) is 14.2 Å². The molecule has 0 aromatic heterocycles. The van der Waals surface area contributed by atoms with Crippen molar-refractivity contribution in [1.82, 2.24) is 0 Å². The molecule has 0 fully saturated rings. The number of halogens is 1. The molecule has 0 saturated carbocycles. The largest absolute Gasteiger partial charge is 0.496 e. The van der Waals surface area contributed by atoms with Crippen molar-refractivity contribution >= 4 is 23.1 Å². The first-order chi connectivity index (χ1) is 12.6. The third kappa shape index (κ3) is 5.11. The molecular formula is C21H20ClNO3. The van der Waals surface area contributed by atoms with E-state index in [0.29, 0.717) is 35.6 Å². The van der Waals surface area contributed by atoms with Crippen LogP contribution in [0.3, 0.4) is 0 Å². The Hall–Kier alpha value is -2.77. The number of nitrogens with zero attached hydrogens (tertiary/aromatic N) is 1. The number of carbonyl (C=O) groups excluding carboxylic acids is 1. The molecule has 134 valence electrons. The maximum Gasteiger partial charge on any atom is 0.305 e. The van der Waals surface area contributed by atoms with Gasteiger partial charge in [0.25, 0.3) is 0 Å². The summed E-state index contributed by atoms with van der Waals surface area (Å²) in [4.78, 5) is 11.3. The van der Waals surface area contributed by atoms with Gasteiger partial charge in [-0.05, 0) is 54.3 Å². The van der Waals surface area contributed by atoms with E-state index in [-0.39, 0.29) is 5.97 Å². The molecule has 0 heterocycles. The fraction of sp³-hybridized carbons (Fsp3) is 0.238. The van der Waals surface area contributed by atoms with Crippen molar-refractivity contribution in [3.63, 3.8) is 0 Å². The summed E-state index contributed by atoms with van der Waals surface area (Å²) in [5.41, 5.74) is 3.21. The molecule has 0 unspecified atom stereocenters. The number of methoxy groups -OCH3 is 2. The molecule has 0 saturated heterocycles. The van der Waals surface area contributed by atoms with Gasteiger partial charge in [0.1, 0.15) is 5.75 Å². The van der Waals surface area contributed by atoms with Gasteiger partial charge in [-0.25, -0.2) is 0 Å². The highest BCUT2D eigenvalue weighted by Gasteiger charge is 2.12. The third-order valence-corrected chi connectivity index (χ3v) is 4.15. The van der Waals surface area contributed by atoms with E-state index in [2.05, 4.69) is 10.8 Å². The lowest BCUT2D eigenvalue weighted by Gasteiger charge is -2.14. The minimum atomic E-state index is -0.230. The van der Waals surface area contributed by atoms with Crippen LogP contribution in [0.1, 0.15) is 36.0 Å². The number of allylic oxidation sites excluding steroid dienone is 1. The predicted molar refractivity (Wildman–Crippen MR) is 102 cm³/mol. The molecule has 2 rings (SSSR count). The molecule has 5 heteroatoms. The van der Waals surface area contributed by atoms with Gasteiger partial charge in [0.15, 0.2) is 0 Å². The number of benzene rings is 2. The summed E-state index contributed by atoms with van der Waals surface area (Å²) in [6.07, 6.45) is 3.73. The van der Waals surface area contributed by atoms with E-state index < -0.39 is 0 Å². The zero-order valence-electron chi connectivity index (χ0n) is 14.8. The summed E-state index contributed by atoms with van der Waals surface area (Å²) < 4.78 is 10.2. The molecule has 0 atom stereocenters. The number of esters is 1. The van der Waals surface area contributed by atoms with E-state index >= 15 is 0 Å². The quantitative estimate of drug-likeness (QED) is 0.509. The van der Waals surface area contributed by atoms with Crippen LogP contribution >= 0.6 is 11.6 Å². The van der Waals surface area contributed by atoms with Crippen molar-refractivity contribution in [1.29, 1.82) is 5.26 Å². The highest BCUT2D eigenvalue weighted by Crippen LogP contribution is 2.34. The average molecular weight is 370 g/mol. The zero-order chi connectivity index (χ0) is 18.9. The average Bonchev–Trinajstić information content (AvgIpc) is 2.67. The predicted octanol–water partition coefficient (Wildman–Crippen LogP) is 5.00. The number of hydrogen-bond acceptors (Lipinski definition) is 4. The summed E-state index contributed by atoms with van der Waals surface area (Å²) >= 11 is 6.19. The third-order valence-electron chi connectivity index (χ3n) is 3.92. The molecule has 0 bridgehead atoms. The molecule has 2 aromatic rings. The number of carbonyl (C=O) groups is 1. The van der Waals surface area contributed by atoms with E-state index in [9.17, 15) is 10.1 Å². The standard InChI is InChI=1S/C21H20ClNO3/c1-25-20-11-10-17(22)13-19(20)18(8-3-4-9-21(24)26-2)16-7-5-6-15(12-16)14-23/h5-8,10-13H,3-4,9H2,1-2H3/b18-8+. The monoisotopic (exact) mass is 369 g/mol. The van der Waals surface area contributed by atoms with E-state index in [1.165, 1.54) is 7.11 Å². The summed E-state index contributed by atoms with van der Waals surface area (Å²) in [5.74, 6) is 0.461. The van der Waals surface area contributed by atoms with Crippen molar-refractivity contribution < 1.29 is 14.3 Å². The SMILES string of the molecule is COC(=O)CCC/C=C(\c1cccc(C#N)c1)c1cc(Cl)ccc1OC. The topological polar surface area (TPSA) is 59.3 Å². The Morgan fingerprint density at radius 1 is 1.23 bits per heavy atom. The fourth-order valence-corrected chi connectivity index (χ4v) is 2.80. The highest BCUT2D eigenvalue weighted by molar-refractivity contribution is 6.30. The molecule has 0 spiro atoms. The number of nitriles is 1. The van der Waals surface area contributed by atoms with Gasteiger partial charge >= 0.3 is 5.97 Å². The Morgan fingerprint density at radius 2 is 2.04 bits per heavy atom. The molecule has 0 amide bonds. The zero-order valence-corrected chi connectivity index (χ0v) is 15.5. The Balaban J connectivity index is 2.43. The van der Waals surface area contributed by atoms with Crippen molar-refractivity contribution in [2.45, 2.75) is 19.3 Å². The minimum absolute atomic E-state index is 0.230. The molecule has 26 heavy (non-hydrogen) atoms. The molecule has 0 radical (unpaired) electrons. The Morgan fingerprint density at radius 3 is 2.73 bits per heavy atom. The lowest BCUT2D eigenvalue weighted by atomic mass is 9.94. The number of rotatable bonds is 7. The van der Waals surface area contributed by atoms with Crippen LogP contribution in [0.25, 0.3) is 5.57 Å². The van der Waals surface area contributed by atoms with Crippen molar-refractivity contribution in [3.05, 3.63) is 70.3 Å². The first kappa shape index (κ1) is 19.6. The normalized spacial score (nSPS) is 10.9. The van der Waals surface area contributed by atoms with Crippen molar-refractivity contribution in [3.8, 4) is 11.8 Å². The van der Waals surface area contributed by atoms with Gasteiger partial charge < -0.3 is 9.47 Å². The molecule has 0 aliphatic rings. The van der Waals surface area contributed by atoms with Crippen LogP contribution in [0.15, 0.2) is 48.5 Å². The molecular weight excluding hydrogens is 350 g/mol. The first-order valence-corrected chi connectivity index (χ1v) is 8.58. The second-order valence-electron chi connectivity index (χ2n) is 5.62. The second kappa shape index (κ2) is 9.65. The van der Waals surface area contributed by atoms with Crippen LogP contribution in [0.5, 0.6) is 5.75 Å². The number of unbranched alkanes of at least 4 members (excludes halogenated alkanes) is 1. The summed E-state index contributed by atoms with van der Waals surface area (Å²) in [5, 5.41) is 9.79. The van der Waals surface area contributed by atoms with Gasteiger partial charge in [0.2, 0.25) is 0 Å². The van der Waals surface area contributed by atoms with Gasteiger partial charge in [-0.1, -0.05) is 29.8 Å². The number of ether oxygens (including phenoxy) is 2. The van der Waals surface area contributed by atoms with Crippen LogP contribution in [-0.2, 0) is 9.53 Å². The van der Waals surface area contributed by atoms with E-state index in [1.807, 2.05) is 36.4 Å². The summed E-state index contributed by atoms with van der Waals surface area (Å²) in [7, 11) is 2.99. The Labute approximate surface area is 158 Å². The lowest BCUT2D eigenvalue weighted by Crippen LogP contribution is -1.99. The van der Waals surface area contributed by atoms with Crippen LogP contribution in [-0.4, -0.2) is 20.2 Å². The first-order valence-electron chi connectivity index (χ1n) is 8.20. The number of hydrogen-bond donors (Lipinski definition) is 0. The van der Waals surface area contributed by atoms with E-state index in [4.69, 9.17) is 16.3 Å². The molecule has 4 nitrogen and oxygen atoms in total. The summed E-state index contributed by atoms with van der Waals surface area (Å²) in [6.45, 7) is 0. The van der Waals surface area contributed by atoms with Gasteiger partial charge in [-0.3, -0.25) is 4.79 Å². The lowest BCUT2D eigenvalue weighted by molar-refractivity contribution is -0.140. The highest BCUT2D eigenvalue weighted by atomic mass is 35.5. The van der Waals surface area contributed by atoms with Gasteiger partial charge in [-0.15, -0.1) is 0 Å². The minimum Gasteiger partial charge on any atom is -0.496 e. The van der Waals surface area contributed by atoms with E-state index in [0.717, 1.165) is 16.7 Å². The van der Waals surface area contributed by atoms with E-state index in [1.54, 1.807) is 19.2 Å².